The summed E-state index contributed by atoms with van der Waals surface area (Å²) in [5, 5.41) is 21.2. The minimum absolute atomic E-state index is 0.0822. The summed E-state index contributed by atoms with van der Waals surface area (Å²) in [5.41, 5.74) is 1.88. The molecule has 0 amide bonds. The number of Topliss-reactive ketones (excluding diaryl/α,β-unsaturated/α-hetero) is 1. The minimum Gasteiger partial charge on any atom is -0.389 e. The molecule has 2 saturated carbocycles. The number of aryl methyl sites for hydroxylation is 1. The summed E-state index contributed by atoms with van der Waals surface area (Å²) in [6, 6.07) is 9.12. The van der Waals surface area contributed by atoms with Gasteiger partial charge in [-0.05, 0) is 44.2 Å². The number of imidazole rings is 1. The van der Waals surface area contributed by atoms with Crippen LogP contribution in [-0.4, -0.2) is 47.7 Å². The number of hydrogen-bond acceptors (Lipinski definition) is 6. The van der Waals surface area contributed by atoms with Crippen molar-refractivity contribution in [3.8, 4) is 11.8 Å². The summed E-state index contributed by atoms with van der Waals surface area (Å²) in [4.78, 5) is 25.6. The van der Waals surface area contributed by atoms with Crippen LogP contribution in [0.25, 0.3) is 11.2 Å². The number of aromatic nitrogens is 4. The second-order valence-electron chi connectivity index (χ2n) is 7.91. The van der Waals surface area contributed by atoms with Crippen molar-refractivity contribution in [3.05, 3.63) is 53.7 Å². The number of carbonyl (C=O) groups is 1. The number of aliphatic hydroxyl groups excluding tert-OH is 2. The van der Waals surface area contributed by atoms with Crippen LogP contribution < -0.4 is 0 Å². The van der Waals surface area contributed by atoms with E-state index in [0.717, 1.165) is 5.56 Å². The topological polar surface area (TPSA) is 101 Å². The van der Waals surface area contributed by atoms with E-state index in [9.17, 15) is 15.0 Å². The van der Waals surface area contributed by atoms with Gasteiger partial charge in [0.15, 0.2) is 5.65 Å². The van der Waals surface area contributed by atoms with Crippen LogP contribution >= 0.6 is 0 Å². The average molecular weight is 388 g/mol. The fraction of sp³-hybridized carbons (Fsp3) is 0.364. The van der Waals surface area contributed by atoms with Crippen molar-refractivity contribution in [2.24, 2.45) is 11.3 Å². The molecule has 29 heavy (non-hydrogen) atoms. The van der Waals surface area contributed by atoms with Gasteiger partial charge in [0.2, 0.25) is 5.82 Å². The lowest BCUT2D eigenvalue weighted by Crippen LogP contribution is -2.36. The Morgan fingerprint density at radius 1 is 1.21 bits per heavy atom. The van der Waals surface area contributed by atoms with E-state index in [1.165, 1.54) is 6.92 Å². The summed E-state index contributed by atoms with van der Waals surface area (Å²) in [6.07, 6.45) is 0.0443. The highest BCUT2D eigenvalue weighted by Crippen LogP contribution is 2.68. The molecule has 2 aliphatic rings. The summed E-state index contributed by atoms with van der Waals surface area (Å²) >= 11 is 0. The highest BCUT2D eigenvalue weighted by atomic mass is 16.3. The third-order valence-electron chi connectivity index (χ3n) is 6.34. The standard InChI is InChI=1S/C22H20N4O3/c1-12-17-21(25-16(24-12)9-8-14-6-4-3-5-7-14)26(11-23-17)18-15-10-22(15,13(2)27)20(29)19(18)28/h3-7,11,15,18-20,28-29H,10H2,1-2H3/t15?,18-,19+,20+,22-/m1/s1. The van der Waals surface area contributed by atoms with Crippen molar-refractivity contribution in [2.75, 3.05) is 0 Å². The molecule has 2 fully saturated rings. The summed E-state index contributed by atoms with van der Waals surface area (Å²) in [6.45, 7) is 3.32. The molecule has 1 aromatic carbocycles. The fourth-order valence-corrected chi connectivity index (χ4v) is 4.75. The van der Waals surface area contributed by atoms with Crippen LogP contribution in [0.5, 0.6) is 0 Å². The van der Waals surface area contributed by atoms with Gasteiger partial charge >= 0.3 is 0 Å². The molecule has 0 bridgehead atoms. The van der Waals surface area contributed by atoms with E-state index < -0.39 is 23.7 Å². The molecule has 5 rings (SSSR count). The first-order valence-corrected chi connectivity index (χ1v) is 9.59. The smallest absolute Gasteiger partial charge is 0.207 e. The largest absolute Gasteiger partial charge is 0.389 e. The monoisotopic (exact) mass is 388 g/mol. The number of rotatable bonds is 2. The van der Waals surface area contributed by atoms with Gasteiger partial charge in [0.25, 0.3) is 0 Å². The zero-order valence-electron chi connectivity index (χ0n) is 16.1. The molecule has 146 valence electrons. The average Bonchev–Trinajstić information content (AvgIpc) is 3.25. The number of hydrogen-bond donors (Lipinski definition) is 2. The number of benzene rings is 1. The highest BCUT2D eigenvalue weighted by molar-refractivity contribution is 5.87. The van der Waals surface area contributed by atoms with E-state index in [-0.39, 0.29) is 11.7 Å². The van der Waals surface area contributed by atoms with E-state index >= 15 is 0 Å². The summed E-state index contributed by atoms with van der Waals surface area (Å²) < 4.78 is 1.77. The predicted molar refractivity (Wildman–Crippen MR) is 105 cm³/mol. The van der Waals surface area contributed by atoms with Gasteiger partial charge in [-0.25, -0.2) is 15.0 Å². The maximum atomic E-state index is 12.1. The molecule has 0 saturated heterocycles. The van der Waals surface area contributed by atoms with Crippen LogP contribution in [0.1, 0.15) is 36.5 Å². The molecule has 2 heterocycles. The van der Waals surface area contributed by atoms with Crippen molar-refractivity contribution in [3.63, 3.8) is 0 Å². The molecule has 5 atom stereocenters. The molecule has 7 heteroatoms. The van der Waals surface area contributed by atoms with E-state index in [1.54, 1.807) is 10.9 Å². The zero-order valence-corrected chi connectivity index (χ0v) is 16.1. The third-order valence-corrected chi connectivity index (χ3v) is 6.34. The molecule has 2 aliphatic carbocycles. The molecule has 0 spiro atoms. The van der Waals surface area contributed by atoms with E-state index in [1.807, 2.05) is 37.3 Å². The Morgan fingerprint density at radius 2 is 1.97 bits per heavy atom. The number of aliphatic hydroxyl groups is 2. The Bertz CT molecular complexity index is 1190. The number of nitrogens with zero attached hydrogens (tertiary/aromatic N) is 4. The SMILES string of the molecule is CC(=O)[C@]12CC1[C@@H](n1cnc3c(C)nc(C#Cc4ccccc4)nc31)[C@H](O)[C@@H]2O. The zero-order chi connectivity index (χ0) is 20.3. The third kappa shape index (κ3) is 2.53. The van der Waals surface area contributed by atoms with E-state index in [4.69, 9.17) is 0 Å². The van der Waals surface area contributed by atoms with E-state index in [2.05, 4.69) is 26.8 Å². The number of carbonyl (C=O) groups excluding carboxylic acids is 1. The molecular formula is C22H20N4O3. The lowest BCUT2D eigenvalue weighted by Gasteiger charge is -2.23. The van der Waals surface area contributed by atoms with Crippen molar-refractivity contribution in [1.82, 2.24) is 19.5 Å². The molecular weight excluding hydrogens is 368 g/mol. The van der Waals surface area contributed by atoms with Crippen molar-refractivity contribution in [2.45, 2.75) is 38.5 Å². The highest BCUT2D eigenvalue weighted by Gasteiger charge is 2.74. The first kappa shape index (κ1) is 18.0. The van der Waals surface area contributed by atoms with Gasteiger partial charge < -0.3 is 14.8 Å². The quantitative estimate of drug-likeness (QED) is 0.644. The Kier molecular flexibility index (Phi) is 3.85. The van der Waals surface area contributed by atoms with E-state index in [0.29, 0.717) is 29.1 Å². The number of fused-ring (bicyclic) bond motifs is 2. The lowest BCUT2D eigenvalue weighted by atomic mass is 9.95. The van der Waals surface area contributed by atoms with Gasteiger partial charge in [-0.1, -0.05) is 24.1 Å². The van der Waals surface area contributed by atoms with Gasteiger partial charge in [-0.3, -0.25) is 4.79 Å². The Balaban J connectivity index is 1.58. The van der Waals surface area contributed by atoms with Gasteiger partial charge in [0.05, 0.1) is 29.6 Å². The van der Waals surface area contributed by atoms with Crippen LogP contribution in [0.4, 0.5) is 0 Å². The van der Waals surface area contributed by atoms with Crippen molar-refractivity contribution in [1.29, 1.82) is 0 Å². The Morgan fingerprint density at radius 3 is 2.66 bits per heavy atom. The summed E-state index contributed by atoms with van der Waals surface area (Å²) in [5.74, 6) is 6.19. The van der Waals surface area contributed by atoms with Crippen LogP contribution in [0, 0.1) is 30.1 Å². The minimum atomic E-state index is -1.08. The summed E-state index contributed by atoms with van der Waals surface area (Å²) in [7, 11) is 0. The van der Waals surface area contributed by atoms with Crippen molar-refractivity contribution < 1.29 is 15.0 Å². The Labute approximate surface area is 167 Å². The van der Waals surface area contributed by atoms with Crippen LogP contribution in [0.3, 0.4) is 0 Å². The molecule has 2 aromatic heterocycles. The van der Waals surface area contributed by atoms with Crippen LogP contribution in [0.15, 0.2) is 36.7 Å². The maximum absolute atomic E-state index is 12.1. The van der Waals surface area contributed by atoms with Gasteiger partial charge in [0.1, 0.15) is 17.4 Å². The maximum Gasteiger partial charge on any atom is 0.207 e. The second kappa shape index (κ2) is 6.21. The van der Waals surface area contributed by atoms with Gasteiger partial charge in [0, 0.05) is 5.56 Å². The molecule has 2 N–H and O–H groups in total. The van der Waals surface area contributed by atoms with Gasteiger partial charge in [-0.2, -0.15) is 0 Å². The van der Waals surface area contributed by atoms with Crippen LogP contribution in [-0.2, 0) is 4.79 Å². The molecule has 0 radical (unpaired) electrons. The molecule has 3 aromatic rings. The fourth-order valence-electron chi connectivity index (χ4n) is 4.75. The molecule has 7 nitrogen and oxygen atoms in total. The first-order chi connectivity index (χ1) is 13.9. The Hall–Kier alpha value is -3.08. The second-order valence-corrected chi connectivity index (χ2v) is 7.91. The van der Waals surface area contributed by atoms with Crippen molar-refractivity contribution >= 4 is 16.9 Å². The first-order valence-electron chi connectivity index (χ1n) is 9.59. The van der Waals surface area contributed by atoms with Gasteiger partial charge in [-0.15, -0.1) is 0 Å². The normalized spacial score (nSPS) is 29.9. The number of ketones is 1. The van der Waals surface area contributed by atoms with Crippen LogP contribution in [0.2, 0.25) is 0 Å². The lowest BCUT2D eigenvalue weighted by molar-refractivity contribution is -0.128. The molecule has 0 aliphatic heterocycles. The molecule has 1 unspecified atom stereocenters. The predicted octanol–water partition coefficient (Wildman–Crippen LogP) is 1.41.